The van der Waals surface area contributed by atoms with Gasteiger partial charge < -0.3 is 32.9 Å². The van der Waals surface area contributed by atoms with E-state index in [1.165, 1.54) is 0 Å². The summed E-state index contributed by atoms with van der Waals surface area (Å²) in [6.45, 7) is 16.6. The fourth-order valence-corrected chi connectivity index (χ4v) is 107. The van der Waals surface area contributed by atoms with E-state index in [0.29, 0.717) is 0 Å². The predicted octanol–water partition coefficient (Wildman–Crippen LogP) is 1.08. The Morgan fingerprint density at radius 1 is 0.250 bits per heavy atom. The highest BCUT2D eigenvalue weighted by atomic mass is 29.4. The molecule has 0 N–H and O–H groups in total. The average Bonchev–Trinajstić information content (AvgIpc) is 2.28. The van der Waals surface area contributed by atoms with Gasteiger partial charge in [0.2, 0.25) is 0 Å². The lowest BCUT2D eigenvalue weighted by atomic mass is 11.9. The van der Waals surface area contributed by atoms with Gasteiger partial charge in [-0.05, 0) is 52.4 Å². The minimum Gasteiger partial charge on any atom is -0.414 e. The maximum absolute atomic E-state index is 6.83. The van der Waals surface area contributed by atoms with E-state index in [1.54, 1.807) is 0 Å². The highest BCUT2D eigenvalue weighted by molar-refractivity contribution is 7.59. The third-order valence-corrected chi connectivity index (χ3v) is 72.4. The largest absolute Gasteiger partial charge is 0.414 e. The van der Waals surface area contributed by atoms with Crippen molar-refractivity contribution in [2.24, 2.45) is 0 Å². The minimum atomic E-state index is -2.71. The maximum Gasteiger partial charge on any atom is 0.362 e. The molecule has 0 saturated carbocycles. The van der Waals surface area contributed by atoms with Crippen molar-refractivity contribution < 1.29 is 32.9 Å². The maximum atomic E-state index is 6.83. The van der Waals surface area contributed by atoms with Crippen LogP contribution < -0.4 is 0 Å². The van der Waals surface area contributed by atoms with Gasteiger partial charge in [-0.1, -0.05) is 0 Å². The SMILES string of the molecule is C[Si]12O[Si]3(C)O[Si@]4(C)O[Si@@](C)(O1)[Si]1(C)O[Si]4(C)O[Si@]3(C)O[Si@@]2(C)O1. The molecule has 0 atom stereocenters. The molecule has 4 saturated heterocycles. The van der Waals surface area contributed by atoms with Gasteiger partial charge in [-0.15, -0.1) is 0 Å². The molecular formula is C8H24O8Si8. The van der Waals surface area contributed by atoms with Gasteiger partial charge >= 0.3 is 64.6 Å². The van der Waals surface area contributed by atoms with Crippen molar-refractivity contribution in [3.05, 3.63) is 0 Å². The second-order valence-electron chi connectivity index (χ2n) is 8.38. The Morgan fingerprint density at radius 3 is 0.417 bits per heavy atom. The second kappa shape index (κ2) is 4.06. The van der Waals surface area contributed by atoms with Crippen molar-refractivity contribution in [2.45, 2.75) is 52.4 Å². The molecule has 4 rings (SSSR count). The van der Waals surface area contributed by atoms with E-state index in [2.05, 4.69) is 52.4 Å². The Balaban J connectivity index is 1.83. The van der Waals surface area contributed by atoms with Gasteiger partial charge in [-0.25, -0.2) is 0 Å². The monoisotopic (exact) mass is 472 g/mol. The smallest absolute Gasteiger partial charge is 0.362 e. The lowest BCUT2D eigenvalue weighted by molar-refractivity contribution is 0.139. The molecule has 0 aromatic carbocycles. The van der Waals surface area contributed by atoms with E-state index in [4.69, 9.17) is 32.9 Å². The molecular weight excluding hydrogens is 449 g/mol. The van der Waals surface area contributed by atoms with Crippen LogP contribution in [0.3, 0.4) is 0 Å². The molecule has 0 amide bonds. The quantitative estimate of drug-likeness (QED) is 0.485. The summed E-state index contributed by atoms with van der Waals surface area (Å²) in [6, 6.07) is 0. The molecule has 0 aromatic heterocycles. The fourth-order valence-electron chi connectivity index (χ4n) is 4.62. The summed E-state index contributed by atoms with van der Waals surface area (Å²) in [5, 5.41) is 0. The van der Waals surface area contributed by atoms with Crippen molar-refractivity contribution >= 4 is 64.6 Å². The second-order valence-corrected chi connectivity index (χ2v) is 51.8. The molecule has 136 valence electrons. The van der Waals surface area contributed by atoms with Crippen LogP contribution in [-0.4, -0.2) is 64.6 Å². The van der Waals surface area contributed by atoms with Gasteiger partial charge in [0.1, 0.15) is 0 Å². The van der Waals surface area contributed by atoms with Crippen molar-refractivity contribution in [3.63, 3.8) is 0 Å². The highest BCUT2D eigenvalue weighted by Gasteiger charge is 2.92. The molecule has 0 bridgehead atoms. The van der Waals surface area contributed by atoms with E-state index in [0.717, 1.165) is 0 Å². The van der Waals surface area contributed by atoms with Gasteiger partial charge in [0.25, 0.3) is 0 Å². The van der Waals surface area contributed by atoms with Gasteiger partial charge in [-0.2, -0.15) is 0 Å². The fraction of sp³-hybridized carbons (Fsp3) is 1.00. The Kier molecular flexibility index (Phi) is 2.96. The molecule has 0 aromatic rings. The third kappa shape index (κ3) is 1.61. The average molecular weight is 473 g/mol. The zero-order chi connectivity index (χ0) is 17.7. The lowest BCUT2D eigenvalue weighted by Gasteiger charge is -2.73. The molecule has 8 nitrogen and oxygen atoms in total. The summed E-state index contributed by atoms with van der Waals surface area (Å²) in [5.41, 5.74) is 0. The first-order chi connectivity index (χ1) is 10.7. The molecule has 0 spiro atoms. The first-order valence-corrected chi connectivity index (χ1v) is 30.8. The van der Waals surface area contributed by atoms with Gasteiger partial charge in [0.15, 0.2) is 0 Å². The minimum absolute atomic E-state index is 2.08. The van der Waals surface area contributed by atoms with E-state index in [1.807, 2.05) is 0 Å². The lowest BCUT2D eigenvalue weighted by Crippen LogP contribution is -3.03. The number of hydrogen-bond donors (Lipinski definition) is 0. The Hall–Kier alpha value is 1.42. The first-order valence-electron chi connectivity index (χ1n) is 8.27. The summed E-state index contributed by atoms with van der Waals surface area (Å²) >= 11 is 0. The normalized spacial score (nSPS) is 73.0. The molecule has 4 heterocycles. The van der Waals surface area contributed by atoms with E-state index in [9.17, 15) is 0 Å². The number of rotatable bonds is 0. The summed E-state index contributed by atoms with van der Waals surface area (Å²) in [4.78, 5) is 0. The third-order valence-electron chi connectivity index (χ3n) is 6.42. The zero-order valence-electron chi connectivity index (χ0n) is 15.3. The molecule has 4 aliphatic heterocycles. The summed E-state index contributed by atoms with van der Waals surface area (Å²) in [5.74, 6) is 0. The standard InChI is InChI=1S/C8H24O8Si8/c1-17-9-19(3)13-23(7)14-20(4,10-17)22(6)12-18(17,2)11-21(19,5)15-24(23,8)16-22/h1-8H3/t17-,18?,19-,20?,21?,22+,23?,24+/m0/s1. The van der Waals surface area contributed by atoms with Crippen molar-refractivity contribution in [1.29, 1.82) is 0 Å². The van der Waals surface area contributed by atoms with Crippen LogP contribution in [0.5, 0.6) is 0 Å². The molecule has 4 aliphatic rings. The number of hydrogen-bond acceptors (Lipinski definition) is 8. The molecule has 16 heteroatoms. The van der Waals surface area contributed by atoms with E-state index in [-0.39, 0.29) is 0 Å². The van der Waals surface area contributed by atoms with Gasteiger partial charge in [-0.3, -0.25) is 0 Å². The van der Waals surface area contributed by atoms with Gasteiger partial charge in [0, 0.05) is 0 Å². The highest BCUT2D eigenvalue weighted by Crippen LogP contribution is 2.58. The summed E-state index contributed by atoms with van der Waals surface area (Å²) < 4.78 is 54.6. The molecule has 4 fully saturated rings. The predicted molar refractivity (Wildman–Crippen MR) is 102 cm³/mol. The zero-order valence-corrected chi connectivity index (χ0v) is 23.3. The van der Waals surface area contributed by atoms with E-state index < -0.39 is 64.6 Å². The van der Waals surface area contributed by atoms with Crippen LogP contribution in [0.4, 0.5) is 0 Å². The van der Waals surface area contributed by atoms with Crippen LogP contribution in [0.15, 0.2) is 0 Å². The number of fused-ring (bicyclic) bond motifs is 4. The van der Waals surface area contributed by atoms with Crippen molar-refractivity contribution in [2.75, 3.05) is 0 Å². The van der Waals surface area contributed by atoms with Gasteiger partial charge in [0.05, 0.1) is 0 Å². The first kappa shape index (κ1) is 17.5. The molecule has 0 radical (unpaired) electrons. The summed E-state index contributed by atoms with van der Waals surface area (Å²) in [6.07, 6.45) is 0. The van der Waals surface area contributed by atoms with Crippen molar-refractivity contribution in [1.82, 2.24) is 0 Å². The molecule has 24 heavy (non-hydrogen) atoms. The van der Waals surface area contributed by atoms with Crippen LogP contribution in [0.2, 0.25) is 52.4 Å². The Bertz CT molecular complexity index is 488. The van der Waals surface area contributed by atoms with Crippen molar-refractivity contribution in [3.8, 4) is 0 Å². The van der Waals surface area contributed by atoms with Crippen LogP contribution in [-0.2, 0) is 32.9 Å². The van der Waals surface area contributed by atoms with E-state index >= 15 is 0 Å². The van der Waals surface area contributed by atoms with Crippen LogP contribution in [0, 0.1) is 0 Å². The Morgan fingerprint density at radius 2 is 0.333 bits per heavy atom. The van der Waals surface area contributed by atoms with Crippen LogP contribution in [0.1, 0.15) is 0 Å². The van der Waals surface area contributed by atoms with Crippen LogP contribution >= 0.6 is 0 Å². The molecule has 0 aliphatic carbocycles. The van der Waals surface area contributed by atoms with Crippen LogP contribution in [0.25, 0.3) is 0 Å². The molecule has 0 unspecified atom stereocenters. The summed E-state index contributed by atoms with van der Waals surface area (Å²) in [7, 11) is -21.7. The topological polar surface area (TPSA) is 73.8 Å². The Labute approximate surface area is 149 Å².